The Kier molecular flexibility index (Phi) is 3.51. The van der Waals surface area contributed by atoms with Crippen molar-refractivity contribution >= 4 is 0 Å². The summed E-state index contributed by atoms with van der Waals surface area (Å²) < 4.78 is 0. The zero-order valence-electron chi connectivity index (χ0n) is 6.63. The maximum Gasteiger partial charge on any atom is 0.136 e. The first-order chi connectivity index (χ1) is 4.63. The predicted octanol–water partition coefficient (Wildman–Crippen LogP) is 1.94. The smallest absolute Gasteiger partial charge is 0.136 e. The molecule has 0 aromatic carbocycles. The molecule has 0 amide bonds. The van der Waals surface area contributed by atoms with E-state index in [1.54, 1.807) is 0 Å². The molecule has 0 aliphatic carbocycles. The number of hydrogen-bond acceptors (Lipinski definition) is 2. The molecule has 0 radical (unpaired) electrons. The van der Waals surface area contributed by atoms with Crippen molar-refractivity contribution in [2.45, 2.75) is 20.8 Å². The average Bonchev–Trinajstić information content (AvgIpc) is 1.90. The largest absolute Gasteiger partial charge is 0.197 e. The lowest BCUT2D eigenvalue weighted by molar-refractivity contribution is 0.377. The first-order valence-electron chi connectivity index (χ1n) is 3.42. The molecule has 0 aliphatic heterocycles. The van der Waals surface area contributed by atoms with Gasteiger partial charge < -0.3 is 0 Å². The standard InChI is InChI=1S/C8H12N2/c1-6(2)7(3)8(4-9)5-10/h6-8H,1-3H3. The third kappa shape index (κ3) is 2.07. The summed E-state index contributed by atoms with van der Waals surface area (Å²) in [5.74, 6) is 0.138. The minimum Gasteiger partial charge on any atom is -0.197 e. The first-order valence-corrected chi connectivity index (χ1v) is 3.42. The Bertz CT molecular complexity index is 157. The van der Waals surface area contributed by atoms with E-state index in [-0.39, 0.29) is 5.92 Å². The summed E-state index contributed by atoms with van der Waals surface area (Å²) in [5.41, 5.74) is 0. The second-order valence-corrected chi connectivity index (χ2v) is 2.84. The molecule has 0 bridgehead atoms. The summed E-state index contributed by atoms with van der Waals surface area (Å²) in [6.07, 6.45) is 0. The van der Waals surface area contributed by atoms with Crippen LogP contribution in [-0.4, -0.2) is 0 Å². The van der Waals surface area contributed by atoms with Crippen LogP contribution in [0.4, 0.5) is 0 Å². The van der Waals surface area contributed by atoms with Gasteiger partial charge in [-0.15, -0.1) is 0 Å². The molecule has 0 aromatic rings. The van der Waals surface area contributed by atoms with Crippen molar-refractivity contribution in [3.63, 3.8) is 0 Å². The van der Waals surface area contributed by atoms with Crippen LogP contribution in [0.15, 0.2) is 0 Å². The number of hydrogen-bond donors (Lipinski definition) is 0. The highest BCUT2D eigenvalue weighted by molar-refractivity contribution is 5.01. The third-order valence-corrected chi connectivity index (χ3v) is 1.86. The number of nitrogens with zero attached hydrogens (tertiary/aromatic N) is 2. The Hall–Kier alpha value is -1.02. The van der Waals surface area contributed by atoms with Gasteiger partial charge >= 0.3 is 0 Å². The first kappa shape index (κ1) is 8.98. The molecule has 0 saturated heterocycles. The van der Waals surface area contributed by atoms with E-state index >= 15 is 0 Å². The summed E-state index contributed by atoms with van der Waals surface area (Å²) in [7, 11) is 0. The summed E-state index contributed by atoms with van der Waals surface area (Å²) in [4.78, 5) is 0. The topological polar surface area (TPSA) is 47.6 Å². The molecular formula is C8H12N2. The lowest BCUT2D eigenvalue weighted by Crippen LogP contribution is -2.13. The highest BCUT2D eigenvalue weighted by Gasteiger charge is 2.18. The van der Waals surface area contributed by atoms with Gasteiger partial charge in [-0.1, -0.05) is 20.8 Å². The van der Waals surface area contributed by atoms with Crippen LogP contribution in [0.3, 0.4) is 0 Å². The summed E-state index contributed by atoms with van der Waals surface area (Å²) in [5, 5.41) is 16.9. The fourth-order valence-corrected chi connectivity index (χ4v) is 0.649. The van der Waals surface area contributed by atoms with Gasteiger partial charge in [-0.3, -0.25) is 0 Å². The van der Waals surface area contributed by atoms with E-state index < -0.39 is 5.92 Å². The summed E-state index contributed by atoms with van der Waals surface area (Å²) in [6, 6.07) is 3.94. The van der Waals surface area contributed by atoms with Crippen LogP contribution in [-0.2, 0) is 0 Å². The predicted molar refractivity (Wildman–Crippen MR) is 38.7 cm³/mol. The lowest BCUT2D eigenvalue weighted by atomic mass is 9.87. The molecular weight excluding hydrogens is 124 g/mol. The van der Waals surface area contributed by atoms with Crippen molar-refractivity contribution in [2.75, 3.05) is 0 Å². The SMILES string of the molecule is CC(C)C(C)C(C#N)C#N. The van der Waals surface area contributed by atoms with Crippen LogP contribution < -0.4 is 0 Å². The molecule has 0 spiro atoms. The van der Waals surface area contributed by atoms with Crippen LogP contribution in [0, 0.1) is 40.4 Å². The lowest BCUT2D eigenvalue weighted by Gasteiger charge is -2.14. The Morgan fingerprint density at radius 1 is 1.00 bits per heavy atom. The molecule has 2 heteroatoms. The maximum absolute atomic E-state index is 8.47. The van der Waals surface area contributed by atoms with Crippen LogP contribution in [0.1, 0.15) is 20.8 Å². The van der Waals surface area contributed by atoms with E-state index in [1.165, 1.54) is 0 Å². The van der Waals surface area contributed by atoms with Gasteiger partial charge in [-0.2, -0.15) is 10.5 Å². The number of rotatable bonds is 2. The Balaban J connectivity index is 4.09. The van der Waals surface area contributed by atoms with Crippen LogP contribution >= 0.6 is 0 Å². The summed E-state index contributed by atoms with van der Waals surface area (Å²) in [6.45, 7) is 5.97. The van der Waals surface area contributed by atoms with Gasteiger partial charge in [-0.25, -0.2) is 0 Å². The van der Waals surface area contributed by atoms with Crippen LogP contribution in [0.5, 0.6) is 0 Å². The van der Waals surface area contributed by atoms with Crippen LogP contribution in [0.25, 0.3) is 0 Å². The molecule has 1 unspecified atom stereocenters. The molecule has 0 fully saturated rings. The molecule has 0 aliphatic rings. The van der Waals surface area contributed by atoms with Crippen molar-refractivity contribution in [2.24, 2.45) is 17.8 Å². The van der Waals surface area contributed by atoms with Gasteiger partial charge in [0.15, 0.2) is 0 Å². The van der Waals surface area contributed by atoms with Crippen molar-refractivity contribution in [3.05, 3.63) is 0 Å². The zero-order valence-corrected chi connectivity index (χ0v) is 6.63. The molecule has 0 aromatic heterocycles. The second-order valence-electron chi connectivity index (χ2n) is 2.84. The van der Waals surface area contributed by atoms with Crippen molar-refractivity contribution in [1.82, 2.24) is 0 Å². The monoisotopic (exact) mass is 136 g/mol. The highest BCUT2D eigenvalue weighted by Crippen LogP contribution is 2.18. The molecule has 10 heavy (non-hydrogen) atoms. The average molecular weight is 136 g/mol. The van der Waals surface area contributed by atoms with Crippen LogP contribution in [0.2, 0.25) is 0 Å². The molecule has 0 heterocycles. The summed E-state index contributed by atoms with van der Waals surface area (Å²) >= 11 is 0. The highest BCUT2D eigenvalue weighted by atomic mass is 14.3. The fraction of sp³-hybridized carbons (Fsp3) is 0.750. The van der Waals surface area contributed by atoms with E-state index in [9.17, 15) is 0 Å². The van der Waals surface area contributed by atoms with E-state index in [0.717, 1.165) is 0 Å². The fourth-order valence-electron chi connectivity index (χ4n) is 0.649. The Morgan fingerprint density at radius 2 is 1.40 bits per heavy atom. The van der Waals surface area contributed by atoms with Crippen molar-refractivity contribution in [1.29, 1.82) is 10.5 Å². The zero-order chi connectivity index (χ0) is 8.15. The van der Waals surface area contributed by atoms with E-state index in [2.05, 4.69) is 0 Å². The minimum atomic E-state index is -0.444. The number of nitriles is 2. The van der Waals surface area contributed by atoms with Gasteiger partial charge in [0, 0.05) is 0 Å². The maximum atomic E-state index is 8.47. The third-order valence-electron chi connectivity index (χ3n) is 1.86. The Morgan fingerprint density at radius 3 is 1.50 bits per heavy atom. The van der Waals surface area contributed by atoms with Gasteiger partial charge in [0.05, 0.1) is 12.1 Å². The second kappa shape index (κ2) is 3.90. The van der Waals surface area contributed by atoms with Gasteiger partial charge in [0.1, 0.15) is 5.92 Å². The van der Waals surface area contributed by atoms with E-state index in [1.807, 2.05) is 32.9 Å². The normalized spacial score (nSPS) is 12.7. The molecule has 1 atom stereocenters. The molecule has 0 saturated carbocycles. The molecule has 54 valence electrons. The van der Waals surface area contributed by atoms with E-state index in [0.29, 0.717) is 5.92 Å². The quantitative estimate of drug-likeness (QED) is 0.582. The van der Waals surface area contributed by atoms with Gasteiger partial charge in [0.2, 0.25) is 0 Å². The molecule has 0 N–H and O–H groups in total. The van der Waals surface area contributed by atoms with Crippen molar-refractivity contribution < 1.29 is 0 Å². The van der Waals surface area contributed by atoms with Gasteiger partial charge in [-0.05, 0) is 11.8 Å². The molecule has 2 nitrogen and oxygen atoms in total. The van der Waals surface area contributed by atoms with E-state index in [4.69, 9.17) is 10.5 Å². The minimum absolute atomic E-state index is 0.176. The van der Waals surface area contributed by atoms with Gasteiger partial charge in [0.25, 0.3) is 0 Å². The Labute approximate surface area is 62.1 Å². The molecule has 0 rings (SSSR count). The van der Waals surface area contributed by atoms with Crippen molar-refractivity contribution in [3.8, 4) is 12.1 Å².